The Hall–Kier alpha value is -2.07. The van der Waals surface area contributed by atoms with Gasteiger partial charge in [0.1, 0.15) is 18.2 Å². The van der Waals surface area contributed by atoms with Gasteiger partial charge >= 0.3 is 0 Å². The zero-order valence-electron chi connectivity index (χ0n) is 11.3. The minimum Gasteiger partial charge on any atom is -0.492 e. The van der Waals surface area contributed by atoms with E-state index in [1.165, 1.54) is 0 Å². The molecular formula is C15H19N3O. The molecule has 0 saturated carbocycles. The third-order valence-corrected chi connectivity index (χ3v) is 2.73. The van der Waals surface area contributed by atoms with E-state index in [1.54, 1.807) is 6.07 Å². The smallest absolute Gasteiger partial charge is 0.124 e. The van der Waals surface area contributed by atoms with Crippen LogP contribution in [0.15, 0.2) is 42.5 Å². The quantitative estimate of drug-likeness (QED) is 0.892. The lowest BCUT2D eigenvalue weighted by Gasteiger charge is -2.11. The number of nitrogen functional groups attached to an aromatic ring is 1. The van der Waals surface area contributed by atoms with Gasteiger partial charge < -0.3 is 15.4 Å². The van der Waals surface area contributed by atoms with Crippen LogP contribution >= 0.6 is 0 Å². The number of aromatic nitrogens is 1. The van der Waals surface area contributed by atoms with Gasteiger partial charge in [-0.15, -0.1) is 0 Å². The number of pyridine rings is 1. The predicted octanol–water partition coefficient (Wildman–Crippen LogP) is 2.27. The molecule has 100 valence electrons. The molecule has 1 aromatic heterocycles. The highest BCUT2D eigenvalue weighted by molar-refractivity contribution is 5.61. The van der Waals surface area contributed by atoms with E-state index in [0.717, 1.165) is 23.6 Å². The Balaban J connectivity index is 2.02. The van der Waals surface area contributed by atoms with Gasteiger partial charge in [0.15, 0.2) is 0 Å². The van der Waals surface area contributed by atoms with Crippen molar-refractivity contribution in [1.29, 1.82) is 0 Å². The molecule has 0 atom stereocenters. The summed E-state index contributed by atoms with van der Waals surface area (Å²) in [4.78, 5) is 6.38. The summed E-state index contributed by atoms with van der Waals surface area (Å²) in [6.45, 7) is 1.58. The van der Waals surface area contributed by atoms with Crippen LogP contribution in [0, 0.1) is 0 Å². The molecule has 2 rings (SSSR count). The SMILES string of the molecule is CN(C)CCOc1ccc(-c2cccc(N)n2)cc1. The molecule has 1 aromatic carbocycles. The first-order valence-corrected chi connectivity index (χ1v) is 6.25. The largest absolute Gasteiger partial charge is 0.492 e. The lowest BCUT2D eigenvalue weighted by molar-refractivity contribution is 0.261. The molecule has 0 bridgehead atoms. The van der Waals surface area contributed by atoms with E-state index in [4.69, 9.17) is 10.5 Å². The standard InChI is InChI=1S/C15H19N3O/c1-18(2)10-11-19-13-8-6-12(7-9-13)14-4-3-5-15(16)17-14/h3-9H,10-11H2,1-2H3,(H2,16,17). The zero-order chi connectivity index (χ0) is 13.7. The molecule has 0 aliphatic rings. The Bertz CT molecular complexity index is 523. The molecule has 4 nitrogen and oxygen atoms in total. The van der Waals surface area contributed by atoms with Crippen LogP contribution in [0.4, 0.5) is 5.82 Å². The second kappa shape index (κ2) is 6.20. The number of benzene rings is 1. The van der Waals surface area contributed by atoms with Gasteiger partial charge in [-0.2, -0.15) is 0 Å². The molecule has 19 heavy (non-hydrogen) atoms. The summed E-state index contributed by atoms with van der Waals surface area (Å²) >= 11 is 0. The van der Waals surface area contributed by atoms with Gasteiger partial charge in [0.05, 0.1) is 5.69 Å². The molecular weight excluding hydrogens is 238 g/mol. The van der Waals surface area contributed by atoms with E-state index in [9.17, 15) is 0 Å². The first kappa shape index (κ1) is 13.4. The number of hydrogen-bond acceptors (Lipinski definition) is 4. The Labute approximate surface area is 113 Å². The maximum Gasteiger partial charge on any atom is 0.124 e. The number of nitrogens with zero attached hydrogens (tertiary/aromatic N) is 2. The number of hydrogen-bond donors (Lipinski definition) is 1. The second-order valence-electron chi connectivity index (χ2n) is 4.62. The molecule has 0 aliphatic carbocycles. The summed E-state index contributed by atoms with van der Waals surface area (Å²) < 4.78 is 5.64. The Morgan fingerprint density at radius 2 is 1.84 bits per heavy atom. The Kier molecular flexibility index (Phi) is 4.36. The van der Waals surface area contributed by atoms with Crippen molar-refractivity contribution in [2.45, 2.75) is 0 Å². The molecule has 4 heteroatoms. The van der Waals surface area contributed by atoms with Gasteiger partial charge in [0, 0.05) is 12.1 Å². The number of anilines is 1. The maximum atomic E-state index is 5.68. The Morgan fingerprint density at radius 3 is 2.47 bits per heavy atom. The van der Waals surface area contributed by atoms with Crippen molar-refractivity contribution in [2.24, 2.45) is 0 Å². The zero-order valence-corrected chi connectivity index (χ0v) is 11.3. The maximum absolute atomic E-state index is 5.68. The van der Waals surface area contributed by atoms with E-state index >= 15 is 0 Å². The lowest BCUT2D eigenvalue weighted by Crippen LogP contribution is -2.19. The Morgan fingerprint density at radius 1 is 1.11 bits per heavy atom. The van der Waals surface area contributed by atoms with Crippen LogP contribution in [0.2, 0.25) is 0 Å². The van der Waals surface area contributed by atoms with Crippen LogP contribution in [0.3, 0.4) is 0 Å². The molecule has 0 fully saturated rings. The third-order valence-electron chi connectivity index (χ3n) is 2.73. The highest BCUT2D eigenvalue weighted by Crippen LogP contribution is 2.21. The molecule has 0 radical (unpaired) electrons. The first-order valence-electron chi connectivity index (χ1n) is 6.25. The minimum absolute atomic E-state index is 0.531. The molecule has 2 aromatic rings. The normalized spacial score (nSPS) is 10.7. The molecule has 0 spiro atoms. The third kappa shape index (κ3) is 3.96. The van der Waals surface area contributed by atoms with Crippen LogP contribution in [0.25, 0.3) is 11.3 Å². The lowest BCUT2D eigenvalue weighted by atomic mass is 10.1. The summed E-state index contributed by atoms with van der Waals surface area (Å²) in [7, 11) is 4.05. The molecule has 0 aliphatic heterocycles. The molecule has 0 unspecified atom stereocenters. The van der Waals surface area contributed by atoms with E-state index in [-0.39, 0.29) is 0 Å². The van der Waals surface area contributed by atoms with Crippen molar-refractivity contribution >= 4 is 5.82 Å². The van der Waals surface area contributed by atoms with Crippen LogP contribution in [-0.2, 0) is 0 Å². The average Bonchev–Trinajstić information content (AvgIpc) is 2.39. The minimum atomic E-state index is 0.531. The predicted molar refractivity (Wildman–Crippen MR) is 78.1 cm³/mol. The van der Waals surface area contributed by atoms with Crippen molar-refractivity contribution < 1.29 is 4.74 Å². The number of ether oxygens (including phenoxy) is 1. The monoisotopic (exact) mass is 257 g/mol. The summed E-state index contributed by atoms with van der Waals surface area (Å²) in [6, 6.07) is 13.5. The van der Waals surface area contributed by atoms with Crippen molar-refractivity contribution in [3.8, 4) is 17.0 Å². The summed E-state index contributed by atoms with van der Waals surface area (Å²) in [5, 5.41) is 0. The number of nitrogens with two attached hydrogens (primary N) is 1. The number of likely N-dealkylation sites (N-methyl/N-ethyl adjacent to an activating group) is 1. The second-order valence-corrected chi connectivity index (χ2v) is 4.62. The first-order chi connectivity index (χ1) is 9.15. The average molecular weight is 257 g/mol. The topological polar surface area (TPSA) is 51.4 Å². The van der Waals surface area contributed by atoms with Crippen LogP contribution in [0.1, 0.15) is 0 Å². The van der Waals surface area contributed by atoms with Crippen LogP contribution in [-0.4, -0.2) is 37.1 Å². The van der Waals surface area contributed by atoms with E-state index in [0.29, 0.717) is 12.4 Å². The summed E-state index contributed by atoms with van der Waals surface area (Å²) in [5.74, 6) is 1.40. The fraction of sp³-hybridized carbons (Fsp3) is 0.267. The van der Waals surface area contributed by atoms with Gasteiger partial charge in [0.2, 0.25) is 0 Å². The number of rotatable bonds is 5. The fourth-order valence-electron chi connectivity index (χ4n) is 1.68. The molecule has 1 heterocycles. The van der Waals surface area contributed by atoms with Gasteiger partial charge in [-0.05, 0) is 50.5 Å². The van der Waals surface area contributed by atoms with Crippen molar-refractivity contribution in [3.63, 3.8) is 0 Å². The molecule has 0 amide bonds. The molecule has 2 N–H and O–H groups in total. The van der Waals surface area contributed by atoms with Gasteiger partial charge in [-0.3, -0.25) is 0 Å². The summed E-state index contributed by atoms with van der Waals surface area (Å²) in [5.41, 5.74) is 7.59. The van der Waals surface area contributed by atoms with Crippen molar-refractivity contribution in [2.75, 3.05) is 33.0 Å². The van der Waals surface area contributed by atoms with E-state index < -0.39 is 0 Å². The van der Waals surface area contributed by atoms with E-state index in [1.807, 2.05) is 50.5 Å². The summed E-state index contributed by atoms with van der Waals surface area (Å²) in [6.07, 6.45) is 0. The van der Waals surface area contributed by atoms with E-state index in [2.05, 4.69) is 9.88 Å². The van der Waals surface area contributed by atoms with Gasteiger partial charge in [-0.25, -0.2) is 4.98 Å². The van der Waals surface area contributed by atoms with Crippen molar-refractivity contribution in [3.05, 3.63) is 42.5 Å². The van der Waals surface area contributed by atoms with Crippen LogP contribution in [0.5, 0.6) is 5.75 Å². The molecule has 0 saturated heterocycles. The van der Waals surface area contributed by atoms with Gasteiger partial charge in [0.25, 0.3) is 0 Å². The fourth-order valence-corrected chi connectivity index (χ4v) is 1.68. The van der Waals surface area contributed by atoms with Gasteiger partial charge in [-0.1, -0.05) is 6.07 Å². The highest BCUT2D eigenvalue weighted by Gasteiger charge is 2.01. The van der Waals surface area contributed by atoms with Crippen LogP contribution < -0.4 is 10.5 Å². The van der Waals surface area contributed by atoms with Crippen molar-refractivity contribution in [1.82, 2.24) is 9.88 Å². The highest BCUT2D eigenvalue weighted by atomic mass is 16.5.